The molecule has 1 aromatic heterocycles. The predicted molar refractivity (Wildman–Crippen MR) is 69.8 cm³/mol. The molecular weight excluding hydrogens is 214 g/mol. The van der Waals surface area contributed by atoms with Gasteiger partial charge in [-0.15, -0.1) is 0 Å². The first-order valence-electron chi connectivity index (χ1n) is 5.91. The lowest BCUT2D eigenvalue weighted by Gasteiger charge is -2.15. The summed E-state index contributed by atoms with van der Waals surface area (Å²) in [6.07, 6.45) is 0.685. The van der Waals surface area contributed by atoms with Gasteiger partial charge in [-0.05, 0) is 38.3 Å². The minimum atomic E-state index is -0.462. The number of aryl methyl sites for hydroxylation is 2. The third-order valence-electron chi connectivity index (χ3n) is 2.55. The zero-order chi connectivity index (χ0) is 13.0. The number of hydrogen-bond acceptors (Lipinski definition) is 3. The maximum absolute atomic E-state index is 11.8. The number of carbonyl (C=O) groups is 1. The molecule has 0 fully saturated rings. The van der Waals surface area contributed by atoms with Crippen molar-refractivity contribution in [3.63, 3.8) is 0 Å². The van der Waals surface area contributed by atoms with Crippen LogP contribution in [0.25, 0.3) is 0 Å². The molecule has 17 heavy (non-hydrogen) atoms. The molecule has 0 bridgehead atoms. The molecule has 3 N–H and O–H groups in total. The summed E-state index contributed by atoms with van der Waals surface area (Å²) in [6.45, 7) is 7.89. The van der Waals surface area contributed by atoms with E-state index in [1.54, 1.807) is 0 Å². The van der Waals surface area contributed by atoms with Crippen LogP contribution >= 0.6 is 0 Å². The molecule has 1 heterocycles. The van der Waals surface area contributed by atoms with E-state index in [-0.39, 0.29) is 5.91 Å². The van der Waals surface area contributed by atoms with Gasteiger partial charge >= 0.3 is 0 Å². The lowest BCUT2D eigenvalue weighted by Crippen LogP contribution is -2.36. The van der Waals surface area contributed by atoms with Gasteiger partial charge in [0.1, 0.15) is 0 Å². The highest BCUT2D eigenvalue weighted by Crippen LogP contribution is 2.13. The molecular formula is C13H21N3O. The van der Waals surface area contributed by atoms with E-state index in [1.807, 2.05) is 39.8 Å². The number of nitrogens with zero attached hydrogens (tertiary/aromatic N) is 1. The average molecular weight is 235 g/mol. The molecule has 0 spiro atoms. The molecule has 94 valence electrons. The summed E-state index contributed by atoms with van der Waals surface area (Å²) in [4.78, 5) is 16.1. The zero-order valence-corrected chi connectivity index (χ0v) is 10.9. The highest BCUT2D eigenvalue weighted by atomic mass is 16.2. The van der Waals surface area contributed by atoms with Gasteiger partial charge in [-0.2, -0.15) is 0 Å². The average Bonchev–Trinajstić information content (AvgIpc) is 2.21. The van der Waals surface area contributed by atoms with Crippen LogP contribution in [0.15, 0.2) is 12.1 Å². The highest BCUT2D eigenvalue weighted by molar-refractivity contribution is 5.95. The molecule has 0 saturated heterocycles. The Labute approximate surface area is 103 Å². The van der Waals surface area contributed by atoms with E-state index < -0.39 is 6.04 Å². The van der Waals surface area contributed by atoms with Crippen molar-refractivity contribution in [1.82, 2.24) is 4.98 Å². The van der Waals surface area contributed by atoms with Crippen LogP contribution in [-0.2, 0) is 4.79 Å². The van der Waals surface area contributed by atoms with Gasteiger partial charge in [0.05, 0.1) is 17.4 Å². The second-order valence-electron chi connectivity index (χ2n) is 4.81. The molecule has 0 aliphatic carbocycles. The second kappa shape index (κ2) is 5.77. The molecule has 1 rings (SSSR count). The number of anilines is 1. The first kappa shape index (κ1) is 13.6. The Bertz CT molecular complexity index is 402. The van der Waals surface area contributed by atoms with E-state index in [0.717, 1.165) is 17.1 Å². The summed E-state index contributed by atoms with van der Waals surface area (Å²) in [5.74, 6) is 0.264. The van der Waals surface area contributed by atoms with Gasteiger partial charge < -0.3 is 11.1 Å². The fourth-order valence-corrected chi connectivity index (χ4v) is 1.66. The van der Waals surface area contributed by atoms with Gasteiger partial charge in [-0.1, -0.05) is 13.8 Å². The molecule has 0 unspecified atom stereocenters. The minimum Gasteiger partial charge on any atom is -0.323 e. The number of aromatic nitrogens is 1. The standard InChI is InChI=1S/C13H21N3O/c1-8(2)7-11(14)13(17)16-12-6-5-9(3)15-10(12)4/h5-6,8,11H,7,14H2,1-4H3,(H,16,17)/t11-/m0/s1. The van der Waals surface area contributed by atoms with Crippen LogP contribution in [0.3, 0.4) is 0 Å². The highest BCUT2D eigenvalue weighted by Gasteiger charge is 2.15. The van der Waals surface area contributed by atoms with E-state index in [1.165, 1.54) is 0 Å². The molecule has 1 aromatic rings. The molecule has 0 aromatic carbocycles. The molecule has 4 nitrogen and oxygen atoms in total. The van der Waals surface area contributed by atoms with Crippen molar-refractivity contribution in [2.75, 3.05) is 5.32 Å². The third-order valence-corrected chi connectivity index (χ3v) is 2.55. The van der Waals surface area contributed by atoms with E-state index >= 15 is 0 Å². The molecule has 4 heteroatoms. The van der Waals surface area contributed by atoms with Crippen LogP contribution in [0.4, 0.5) is 5.69 Å². The summed E-state index contributed by atoms with van der Waals surface area (Å²) in [6, 6.07) is 3.27. The lowest BCUT2D eigenvalue weighted by atomic mass is 10.0. The quantitative estimate of drug-likeness (QED) is 0.838. The summed E-state index contributed by atoms with van der Waals surface area (Å²) in [5, 5.41) is 2.82. The van der Waals surface area contributed by atoms with Crippen LogP contribution in [0.1, 0.15) is 31.7 Å². The molecule has 1 atom stereocenters. The molecule has 0 aliphatic rings. The van der Waals surface area contributed by atoms with Gasteiger partial charge in [-0.25, -0.2) is 0 Å². The van der Waals surface area contributed by atoms with Gasteiger partial charge in [0.15, 0.2) is 0 Å². The number of rotatable bonds is 4. The van der Waals surface area contributed by atoms with E-state index in [4.69, 9.17) is 5.73 Å². The Hall–Kier alpha value is -1.42. The summed E-state index contributed by atoms with van der Waals surface area (Å²) in [5.41, 5.74) is 8.30. The van der Waals surface area contributed by atoms with Gasteiger partial charge in [0, 0.05) is 5.69 Å². The Morgan fingerprint density at radius 3 is 2.59 bits per heavy atom. The molecule has 0 saturated carbocycles. The third kappa shape index (κ3) is 4.15. The molecule has 0 radical (unpaired) electrons. The normalized spacial score (nSPS) is 12.6. The number of hydrogen-bond donors (Lipinski definition) is 2. The van der Waals surface area contributed by atoms with Crippen molar-refractivity contribution in [1.29, 1.82) is 0 Å². The minimum absolute atomic E-state index is 0.146. The first-order chi connectivity index (χ1) is 7.90. The lowest BCUT2D eigenvalue weighted by molar-refractivity contribution is -0.117. The van der Waals surface area contributed by atoms with Crippen LogP contribution < -0.4 is 11.1 Å². The molecule has 0 aliphatic heterocycles. The Morgan fingerprint density at radius 1 is 1.41 bits per heavy atom. The van der Waals surface area contributed by atoms with Gasteiger partial charge in [0.2, 0.25) is 5.91 Å². The number of carbonyl (C=O) groups excluding carboxylic acids is 1. The summed E-state index contributed by atoms with van der Waals surface area (Å²) < 4.78 is 0. The van der Waals surface area contributed by atoms with Crippen molar-refractivity contribution < 1.29 is 4.79 Å². The van der Waals surface area contributed by atoms with Crippen LogP contribution in [0, 0.1) is 19.8 Å². The van der Waals surface area contributed by atoms with Crippen LogP contribution in [-0.4, -0.2) is 16.9 Å². The van der Waals surface area contributed by atoms with Gasteiger partial charge in [-0.3, -0.25) is 9.78 Å². The second-order valence-corrected chi connectivity index (χ2v) is 4.81. The SMILES string of the molecule is Cc1ccc(NC(=O)[C@@H](N)CC(C)C)c(C)n1. The van der Waals surface area contributed by atoms with Crippen LogP contribution in [0.5, 0.6) is 0 Å². The first-order valence-corrected chi connectivity index (χ1v) is 5.91. The number of nitrogens with two attached hydrogens (primary N) is 1. The van der Waals surface area contributed by atoms with Crippen LogP contribution in [0.2, 0.25) is 0 Å². The van der Waals surface area contributed by atoms with E-state index in [2.05, 4.69) is 10.3 Å². The number of amides is 1. The van der Waals surface area contributed by atoms with Crippen molar-refractivity contribution in [2.45, 2.75) is 40.2 Å². The van der Waals surface area contributed by atoms with E-state index in [9.17, 15) is 4.79 Å². The van der Waals surface area contributed by atoms with Crippen molar-refractivity contribution >= 4 is 11.6 Å². The number of pyridine rings is 1. The zero-order valence-electron chi connectivity index (χ0n) is 10.9. The molecule has 1 amide bonds. The Morgan fingerprint density at radius 2 is 2.06 bits per heavy atom. The smallest absolute Gasteiger partial charge is 0.241 e. The topological polar surface area (TPSA) is 68.0 Å². The summed E-state index contributed by atoms with van der Waals surface area (Å²) in [7, 11) is 0. The maximum Gasteiger partial charge on any atom is 0.241 e. The van der Waals surface area contributed by atoms with Gasteiger partial charge in [0.25, 0.3) is 0 Å². The van der Waals surface area contributed by atoms with Crippen molar-refractivity contribution in [3.8, 4) is 0 Å². The maximum atomic E-state index is 11.8. The summed E-state index contributed by atoms with van der Waals surface area (Å²) >= 11 is 0. The largest absolute Gasteiger partial charge is 0.323 e. The van der Waals surface area contributed by atoms with Crippen molar-refractivity contribution in [2.24, 2.45) is 11.7 Å². The predicted octanol–water partition coefficient (Wildman–Crippen LogP) is 2.01. The van der Waals surface area contributed by atoms with E-state index in [0.29, 0.717) is 12.3 Å². The fraction of sp³-hybridized carbons (Fsp3) is 0.538. The Balaban J connectivity index is 2.67. The van der Waals surface area contributed by atoms with Crippen molar-refractivity contribution in [3.05, 3.63) is 23.5 Å². The fourth-order valence-electron chi connectivity index (χ4n) is 1.66. The monoisotopic (exact) mass is 235 g/mol. The Kier molecular flexibility index (Phi) is 4.63. The number of nitrogens with one attached hydrogen (secondary N) is 1.